The third-order valence-corrected chi connectivity index (χ3v) is 1.16. The zero-order valence-electron chi connectivity index (χ0n) is 7.13. The number of rotatable bonds is 4. The van der Waals surface area contributed by atoms with Gasteiger partial charge in [0.15, 0.2) is 0 Å². The Morgan fingerprint density at radius 1 is 1.64 bits per heavy atom. The molecule has 0 aliphatic heterocycles. The van der Waals surface area contributed by atoms with Crippen molar-refractivity contribution < 1.29 is 14.9 Å². The SMILES string of the molecule is CC(=O)C/C=C/C(C)(C)OO. The minimum Gasteiger partial charge on any atom is -0.300 e. The lowest BCUT2D eigenvalue weighted by Gasteiger charge is -2.14. The normalized spacial score (nSPS) is 12.4. The predicted molar refractivity (Wildman–Crippen MR) is 42.2 cm³/mol. The van der Waals surface area contributed by atoms with Gasteiger partial charge in [-0.15, -0.1) is 0 Å². The van der Waals surface area contributed by atoms with Crippen molar-refractivity contribution in [1.29, 1.82) is 0 Å². The molecule has 0 heterocycles. The molecule has 0 amide bonds. The van der Waals surface area contributed by atoms with E-state index in [0.29, 0.717) is 6.42 Å². The molecule has 0 saturated carbocycles. The number of hydrogen-bond acceptors (Lipinski definition) is 3. The molecular formula is C8H14O3. The van der Waals surface area contributed by atoms with E-state index < -0.39 is 5.60 Å². The quantitative estimate of drug-likeness (QED) is 0.385. The lowest BCUT2D eigenvalue weighted by molar-refractivity contribution is -0.297. The molecule has 0 rings (SSSR count). The van der Waals surface area contributed by atoms with Crippen molar-refractivity contribution in [3.8, 4) is 0 Å². The van der Waals surface area contributed by atoms with Gasteiger partial charge in [-0.25, -0.2) is 4.89 Å². The highest BCUT2D eigenvalue weighted by Gasteiger charge is 2.12. The summed E-state index contributed by atoms with van der Waals surface area (Å²) in [6, 6.07) is 0. The number of ketones is 1. The summed E-state index contributed by atoms with van der Waals surface area (Å²) >= 11 is 0. The second-order valence-corrected chi connectivity index (χ2v) is 3.00. The van der Waals surface area contributed by atoms with Crippen molar-refractivity contribution >= 4 is 5.78 Å². The van der Waals surface area contributed by atoms with Crippen LogP contribution in [0.3, 0.4) is 0 Å². The Morgan fingerprint density at radius 2 is 2.18 bits per heavy atom. The number of Topliss-reactive ketones (excluding diaryl/α,β-unsaturated/α-hetero) is 1. The largest absolute Gasteiger partial charge is 0.300 e. The molecule has 0 saturated heterocycles. The summed E-state index contributed by atoms with van der Waals surface area (Å²) < 4.78 is 0. The maximum Gasteiger partial charge on any atom is 0.133 e. The van der Waals surface area contributed by atoms with Crippen LogP contribution < -0.4 is 0 Å². The molecule has 0 aliphatic carbocycles. The average Bonchev–Trinajstić information content (AvgIpc) is 1.87. The maximum absolute atomic E-state index is 10.5. The van der Waals surface area contributed by atoms with E-state index in [9.17, 15) is 4.79 Å². The fourth-order valence-corrected chi connectivity index (χ4v) is 0.539. The fourth-order valence-electron chi connectivity index (χ4n) is 0.539. The predicted octanol–water partition coefficient (Wildman–Crippen LogP) is 1.79. The Morgan fingerprint density at radius 3 is 2.55 bits per heavy atom. The molecular weight excluding hydrogens is 144 g/mol. The van der Waals surface area contributed by atoms with Crippen molar-refractivity contribution in [2.24, 2.45) is 0 Å². The Bertz CT molecular complexity index is 159. The smallest absolute Gasteiger partial charge is 0.133 e. The molecule has 0 aromatic heterocycles. The van der Waals surface area contributed by atoms with Crippen LogP contribution in [0.15, 0.2) is 12.2 Å². The van der Waals surface area contributed by atoms with Crippen molar-refractivity contribution in [3.05, 3.63) is 12.2 Å². The first-order valence-electron chi connectivity index (χ1n) is 3.47. The van der Waals surface area contributed by atoms with E-state index in [1.807, 2.05) is 0 Å². The maximum atomic E-state index is 10.5. The summed E-state index contributed by atoms with van der Waals surface area (Å²) in [5.41, 5.74) is -0.699. The number of allylic oxidation sites excluding steroid dienone is 1. The topological polar surface area (TPSA) is 46.5 Å². The van der Waals surface area contributed by atoms with E-state index in [1.54, 1.807) is 26.0 Å². The molecule has 0 unspecified atom stereocenters. The Hall–Kier alpha value is -0.670. The summed E-state index contributed by atoms with van der Waals surface area (Å²) in [5.74, 6) is 0.0926. The van der Waals surface area contributed by atoms with Gasteiger partial charge >= 0.3 is 0 Å². The molecule has 0 radical (unpaired) electrons. The minimum atomic E-state index is -0.699. The van der Waals surface area contributed by atoms with Crippen LogP contribution in [-0.2, 0) is 9.68 Å². The third kappa shape index (κ3) is 5.76. The van der Waals surface area contributed by atoms with Gasteiger partial charge in [-0.1, -0.05) is 12.2 Å². The van der Waals surface area contributed by atoms with Gasteiger partial charge in [0.2, 0.25) is 0 Å². The molecule has 0 fully saturated rings. The monoisotopic (exact) mass is 158 g/mol. The molecule has 11 heavy (non-hydrogen) atoms. The van der Waals surface area contributed by atoms with Crippen LogP contribution >= 0.6 is 0 Å². The molecule has 3 nitrogen and oxygen atoms in total. The van der Waals surface area contributed by atoms with Gasteiger partial charge in [0.05, 0.1) is 0 Å². The van der Waals surface area contributed by atoms with E-state index in [1.165, 1.54) is 6.92 Å². The summed E-state index contributed by atoms with van der Waals surface area (Å²) in [5, 5.41) is 8.32. The van der Waals surface area contributed by atoms with Crippen LogP contribution in [0.2, 0.25) is 0 Å². The van der Waals surface area contributed by atoms with E-state index >= 15 is 0 Å². The molecule has 0 aliphatic rings. The van der Waals surface area contributed by atoms with Crippen molar-refractivity contribution in [2.45, 2.75) is 32.8 Å². The molecule has 0 aromatic rings. The summed E-state index contributed by atoms with van der Waals surface area (Å²) in [6.07, 6.45) is 3.71. The van der Waals surface area contributed by atoms with Crippen LogP contribution in [-0.4, -0.2) is 16.6 Å². The van der Waals surface area contributed by atoms with Gasteiger partial charge < -0.3 is 0 Å². The molecule has 0 spiro atoms. The zero-order valence-corrected chi connectivity index (χ0v) is 7.13. The van der Waals surface area contributed by atoms with Crippen LogP contribution in [0.25, 0.3) is 0 Å². The second kappa shape index (κ2) is 4.26. The molecule has 1 N–H and O–H groups in total. The summed E-state index contributed by atoms with van der Waals surface area (Å²) in [7, 11) is 0. The van der Waals surface area contributed by atoms with Crippen LogP contribution in [0, 0.1) is 0 Å². The standard InChI is InChI=1S/C8H14O3/c1-7(9)5-4-6-8(2,3)11-10/h4,6,10H,5H2,1-3H3/b6-4+. The Kier molecular flexibility index (Phi) is 4.00. The van der Waals surface area contributed by atoms with Crippen LogP contribution in [0.1, 0.15) is 27.2 Å². The number of hydrogen-bond donors (Lipinski definition) is 1. The lowest BCUT2D eigenvalue weighted by Crippen LogP contribution is -2.18. The first-order valence-corrected chi connectivity index (χ1v) is 3.47. The fraction of sp³-hybridized carbons (Fsp3) is 0.625. The number of carbonyl (C=O) groups excluding carboxylic acids is 1. The van der Waals surface area contributed by atoms with E-state index in [4.69, 9.17) is 5.26 Å². The Labute approximate surface area is 66.6 Å². The second-order valence-electron chi connectivity index (χ2n) is 3.00. The first kappa shape index (κ1) is 10.3. The highest BCUT2D eigenvalue weighted by Crippen LogP contribution is 2.08. The van der Waals surface area contributed by atoms with Gasteiger partial charge in [0.1, 0.15) is 11.4 Å². The molecule has 3 heteroatoms. The lowest BCUT2D eigenvalue weighted by atomic mass is 10.1. The van der Waals surface area contributed by atoms with Gasteiger partial charge in [-0.2, -0.15) is 0 Å². The van der Waals surface area contributed by atoms with Crippen LogP contribution in [0.5, 0.6) is 0 Å². The van der Waals surface area contributed by atoms with E-state index in [-0.39, 0.29) is 5.78 Å². The zero-order chi connectivity index (χ0) is 8.91. The van der Waals surface area contributed by atoms with Gasteiger partial charge in [0.25, 0.3) is 0 Å². The number of carbonyl (C=O) groups is 1. The first-order chi connectivity index (χ1) is 4.98. The van der Waals surface area contributed by atoms with Crippen molar-refractivity contribution in [2.75, 3.05) is 0 Å². The third-order valence-electron chi connectivity index (χ3n) is 1.16. The molecule has 0 atom stereocenters. The average molecular weight is 158 g/mol. The van der Waals surface area contributed by atoms with E-state index in [0.717, 1.165) is 0 Å². The highest BCUT2D eigenvalue weighted by molar-refractivity contribution is 5.76. The van der Waals surface area contributed by atoms with Crippen molar-refractivity contribution in [1.82, 2.24) is 0 Å². The Balaban J connectivity index is 3.82. The van der Waals surface area contributed by atoms with Gasteiger partial charge in [0, 0.05) is 6.42 Å². The van der Waals surface area contributed by atoms with Crippen molar-refractivity contribution in [3.63, 3.8) is 0 Å². The molecule has 0 aromatic carbocycles. The summed E-state index contributed by atoms with van der Waals surface area (Å²) in [6.45, 7) is 4.91. The molecule has 0 bridgehead atoms. The minimum absolute atomic E-state index is 0.0926. The van der Waals surface area contributed by atoms with Gasteiger partial charge in [-0.05, 0) is 20.8 Å². The van der Waals surface area contributed by atoms with Gasteiger partial charge in [-0.3, -0.25) is 10.1 Å². The highest BCUT2D eigenvalue weighted by atomic mass is 17.1. The van der Waals surface area contributed by atoms with Crippen LogP contribution in [0.4, 0.5) is 0 Å². The van der Waals surface area contributed by atoms with E-state index in [2.05, 4.69) is 4.89 Å². The summed E-state index contributed by atoms with van der Waals surface area (Å²) in [4.78, 5) is 14.6. The molecule has 64 valence electrons.